The van der Waals surface area contributed by atoms with Crippen molar-refractivity contribution in [2.75, 3.05) is 5.75 Å². The number of amides is 1. The van der Waals surface area contributed by atoms with Gasteiger partial charge < -0.3 is 10.1 Å². The fraction of sp³-hybridized carbons (Fsp3) is 0.409. The Hall–Kier alpha value is -1.72. The van der Waals surface area contributed by atoms with Crippen LogP contribution in [0.1, 0.15) is 50.3 Å². The van der Waals surface area contributed by atoms with E-state index in [1.165, 1.54) is 17.8 Å². The van der Waals surface area contributed by atoms with Gasteiger partial charge in [-0.2, -0.15) is 0 Å². The number of benzene rings is 2. The Morgan fingerprint density at radius 2 is 2.04 bits per heavy atom. The maximum Gasteiger partial charge on any atom is 0.230 e. The van der Waals surface area contributed by atoms with Crippen LogP contribution in [0.25, 0.3) is 0 Å². The molecule has 1 atom stereocenters. The molecule has 0 saturated heterocycles. The van der Waals surface area contributed by atoms with Crippen molar-refractivity contribution in [3.63, 3.8) is 0 Å². The van der Waals surface area contributed by atoms with Gasteiger partial charge in [0.05, 0.1) is 11.8 Å². The number of hydrogen-bond donors (Lipinski definition) is 1. The van der Waals surface area contributed by atoms with Crippen LogP contribution in [-0.2, 0) is 10.5 Å². The van der Waals surface area contributed by atoms with Crippen molar-refractivity contribution >= 4 is 29.3 Å². The largest absolute Gasteiger partial charge is 0.487 e. The number of carbonyl (C=O) groups is 1. The maximum atomic E-state index is 13.9. The zero-order valence-electron chi connectivity index (χ0n) is 16.1. The van der Waals surface area contributed by atoms with Crippen LogP contribution in [0.5, 0.6) is 5.75 Å². The Morgan fingerprint density at radius 3 is 2.75 bits per heavy atom. The van der Waals surface area contributed by atoms with Gasteiger partial charge in [0.2, 0.25) is 5.91 Å². The molecule has 0 aromatic heterocycles. The predicted molar refractivity (Wildman–Crippen MR) is 113 cm³/mol. The van der Waals surface area contributed by atoms with E-state index in [-0.39, 0.29) is 29.1 Å². The molecule has 2 aromatic rings. The third-order valence-corrected chi connectivity index (χ3v) is 6.54. The van der Waals surface area contributed by atoms with E-state index in [0.29, 0.717) is 16.3 Å². The third-order valence-electron chi connectivity index (χ3n) is 5.33. The number of halogens is 2. The molecule has 6 heteroatoms. The summed E-state index contributed by atoms with van der Waals surface area (Å²) >= 11 is 7.17. The minimum Gasteiger partial charge on any atom is -0.487 e. The van der Waals surface area contributed by atoms with Crippen molar-refractivity contribution in [2.45, 2.75) is 50.5 Å². The van der Waals surface area contributed by atoms with Gasteiger partial charge in [0, 0.05) is 22.8 Å². The summed E-state index contributed by atoms with van der Waals surface area (Å²) in [5.41, 5.74) is 1.31. The van der Waals surface area contributed by atoms with E-state index in [2.05, 4.69) is 19.2 Å². The molecule has 1 N–H and O–H groups in total. The average Bonchev–Trinajstić information content (AvgIpc) is 2.69. The van der Waals surface area contributed by atoms with Gasteiger partial charge in [-0.3, -0.25) is 4.79 Å². The van der Waals surface area contributed by atoms with Crippen molar-refractivity contribution in [1.82, 2.24) is 5.32 Å². The van der Waals surface area contributed by atoms with Crippen LogP contribution in [0.2, 0.25) is 5.02 Å². The molecule has 3 rings (SSSR count). The molecule has 0 saturated carbocycles. The molecule has 1 aliphatic heterocycles. The first kappa shape index (κ1) is 21.0. The van der Waals surface area contributed by atoms with Crippen molar-refractivity contribution in [1.29, 1.82) is 0 Å². The lowest BCUT2D eigenvalue weighted by Gasteiger charge is -2.41. The number of carbonyl (C=O) groups excluding carboxylic acids is 1. The summed E-state index contributed by atoms with van der Waals surface area (Å²) in [7, 11) is 0. The number of hydrogen-bond acceptors (Lipinski definition) is 3. The normalized spacial score (nSPS) is 17.5. The fourth-order valence-electron chi connectivity index (χ4n) is 3.56. The molecule has 0 spiro atoms. The first-order chi connectivity index (χ1) is 13.5. The molecule has 3 nitrogen and oxygen atoms in total. The van der Waals surface area contributed by atoms with Gasteiger partial charge in [0.25, 0.3) is 0 Å². The molecule has 1 heterocycles. The number of fused-ring (bicyclic) bond motifs is 1. The van der Waals surface area contributed by atoms with Crippen LogP contribution in [0, 0.1) is 5.82 Å². The number of thioether (sulfide) groups is 1. The van der Waals surface area contributed by atoms with Gasteiger partial charge in [0.1, 0.15) is 17.2 Å². The minimum absolute atomic E-state index is 0.0535. The average molecular weight is 422 g/mol. The molecule has 0 bridgehead atoms. The predicted octanol–water partition coefficient (Wildman–Crippen LogP) is 5.91. The van der Waals surface area contributed by atoms with E-state index >= 15 is 0 Å². The maximum absolute atomic E-state index is 13.9. The Morgan fingerprint density at radius 1 is 1.29 bits per heavy atom. The summed E-state index contributed by atoms with van der Waals surface area (Å²) in [5.74, 6) is 1.15. The van der Waals surface area contributed by atoms with E-state index < -0.39 is 0 Å². The molecular formula is C22H25ClFNO2S. The van der Waals surface area contributed by atoms with Gasteiger partial charge >= 0.3 is 0 Å². The second-order valence-corrected chi connectivity index (χ2v) is 8.50. The number of nitrogens with one attached hydrogen (secondary N) is 1. The molecule has 0 unspecified atom stereocenters. The Bertz CT molecular complexity index is 841. The highest BCUT2D eigenvalue weighted by Crippen LogP contribution is 2.42. The summed E-state index contributed by atoms with van der Waals surface area (Å²) < 4.78 is 20.1. The Balaban J connectivity index is 1.62. The van der Waals surface area contributed by atoms with E-state index in [9.17, 15) is 9.18 Å². The molecule has 1 amide bonds. The molecular weight excluding hydrogens is 397 g/mol. The van der Waals surface area contributed by atoms with E-state index in [1.54, 1.807) is 12.1 Å². The lowest BCUT2D eigenvalue weighted by Crippen LogP contribution is -2.44. The minimum atomic E-state index is -0.338. The highest BCUT2D eigenvalue weighted by atomic mass is 35.5. The van der Waals surface area contributed by atoms with E-state index in [4.69, 9.17) is 16.3 Å². The summed E-state index contributed by atoms with van der Waals surface area (Å²) in [4.78, 5) is 12.6. The summed E-state index contributed by atoms with van der Waals surface area (Å²) in [6, 6.07) is 12.4. The summed E-state index contributed by atoms with van der Waals surface area (Å²) in [6.45, 7) is 4.24. The second kappa shape index (κ2) is 9.19. The SMILES string of the molecule is CCC1(CC)C[C@@H](NC(=O)CSCc2ccc(Cl)cc2F)c2ccccc2O1. The zero-order chi connectivity index (χ0) is 20.1. The molecule has 0 fully saturated rings. The van der Waals surface area contributed by atoms with Crippen LogP contribution in [0.15, 0.2) is 42.5 Å². The summed E-state index contributed by atoms with van der Waals surface area (Å²) in [5, 5.41) is 3.53. The van der Waals surface area contributed by atoms with E-state index in [1.807, 2.05) is 24.3 Å². The molecule has 28 heavy (non-hydrogen) atoms. The Kier molecular flexibility index (Phi) is 6.89. The molecule has 0 radical (unpaired) electrons. The lowest BCUT2D eigenvalue weighted by atomic mass is 9.83. The Labute approximate surface area is 175 Å². The smallest absolute Gasteiger partial charge is 0.230 e. The first-order valence-corrected chi connectivity index (χ1v) is 11.1. The topological polar surface area (TPSA) is 38.3 Å². The van der Waals surface area contributed by atoms with Crippen LogP contribution in [0.4, 0.5) is 4.39 Å². The second-order valence-electron chi connectivity index (χ2n) is 7.08. The van der Waals surface area contributed by atoms with Gasteiger partial charge in [0.15, 0.2) is 0 Å². The fourth-order valence-corrected chi connectivity index (χ4v) is 4.54. The van der Waals surface area contributed by atoms with Crippen LogP contribution < -0.4 is 10.1 Å². The van der Waals surface area contributed by atoms with Crippen molar-refractivity contribution in [3.05, 3.63) is 64.4 Å². The third kappa shape index (κ3) is 4.81. The van der Waals surface area contributed by atoms with Gasteiger partial charge in [-0.05, 0) is 36.6 Å². The van der Waals surface area contributed by atoms with Gasteiger partial charge in [-0.15, -0.1) is 11.8 Å². The molecule has 2 aromatic carbocycles. The molecule has 150 valence electrons. The van der Waals surface area contributed by atoms with Crippen LogP contribution >= 0.6 is 23.4 Å². The number of ether oxygens (including phenoxy) is 1. The number of rotatable bonds is 7. The quantitative estimate of drug-likeness (QED) is 0.603. The highest BCUT2D eigenvalue weighted by Gasteiger charge is 2.38. The summed E-state index contributed by atoms with van der Waals surface area (Å²) in [6.07, 6.45) is 2.52. The van der Waals surface area contributed by atoms with Crippen LogP contribution in [-0.4, -0.2) is 17.3 Å². The monoisotopic (exact) mass is 421 g/mol. The molecule has 1 aliphatic rings. The van der Waals surface area contributed by atoms with Gasteiger partial charge in [-0.1, -0.05) is 49.7 Å². The molecule has 0 aliphatic carbocycles. The first-order valence-electron chi connectivity index (χ1n) is 9.55. The van der Waals surface area contributed by atoms with Crippen LogP contribution in [0.3, 0.4) is 0 Å². The van der Waals surface area contributed by atoms with Gasteiger partial charge in [-0.25, -0.2) is 4.39 Å². The van der Waals surface area contributed by atoms with Crippen molar-refractivity contribution < 1.29 is 13.9 Å². The zero-order valence-corrected chi connectivity index (χ0v) is 17.7. The number of para-hydroxylation sites is 1. The van der Waals surface area contributed by atoms with Crippen molar-refractivity contribution in [3.8, 4) is 5.75 Å². The lowest BCUT2D eigenvalue weighted by molar-refractivity contribution is -0.120. The van der Waals surface area contributed by atoms with E-state index in [0.717, 1.165) is 30.6 Å². The van der Waals surface area contributed by atoms with Crippen molar-refractivity contribution in [2.24, 2.45) is 0 Å². The highest BCUT2D eigenvalue weighted by molar-refractivity contribution is 7.99. The standard InChI is InChI=1S/C22H25ClFNO2S/c1-3-22(4-2)12-19(17-7-5-6-8-20(17)27-22)25-21(26)14-28-13-15-9-10-16(23)11-18(15)24/h5-11,19H,3-4,12-14H2,1-2H3,(H,25,26)/t19-/m1/s1.